The van der Waals surface area contributed by atoms with E-state index < -0.39 is 24.3 Å². The molecule has 2 atom stereocenters. The van der Waals surface area contributed by atoms with Gasteiger partial charge in [-0.3, -0.25) is 10.6 Å². The summed E-state index contributed by atoms with van der Waals surface area (Å²) in [5.74, 6) is 1.18. The molecule has 0 aromatic carbocycles. The van der Waals surface area contributed by atoms with E-state index in [1.807, 2.05) is 6.92 Å². The minimum Gasteiger partial charge on any atom is -0.477 e. The van der Waals surface area contributed by atoms with Crippen molar-refractivity contribution in [3.63, 3.8) is 0 Å². The Kier molecular flexibility index (Phi) is 9.85. The molecule has 2 saturated heterocycles. The molecule has 2 N–H and O–H groups in total. The lowest BCUT2D eigenvalue weighted by Crippen LogP contribution is -2.55. The van der Waals surface area contributed by atoms with E-state index in [-0.39, 0.29) is 30.7 Å². The lowest BCUT2D eigenvalue weighted by Gasteiger charge is -2.39. The Morgan fingerprint density at radius 3 is 2.55 bits per heavy atom. The SMILES string of the molecule is CCOc1cnc(NC(=O)N(C)[C@H]2CN(c3nccc(NC(=O)OC4CCN(C(C)C)CC4)n3)CC[C@H]2F)cn1. The largest absolute Gasteiger partial charge is 0.477 e. The van der Waals surface area contributed by atoms with E-state index in [9.17, 15) is 14.0 Å². The van der Waals surface area contributed by atoms with Crippen molar-refractivity contribution in [3.8, 4) is 5.88 Å². The van der Waals surface area contributed by atoms with Crippen LogP contribution in [0.3, 0.4) is 0 Å². The Hall–Kier alpha value is -3.81. The number of alkyl halides is 1. The van der Waals surface area contributed by atoms with Gasteiger partial charge in [0, 0.05) is 45.5 Å². The fourth-order valence-corrected chi connectivity index (χ4v) is 4.77. The first-order chi connectivity index (χ1) is 19.2. The van der Waals surface area contributed by atoms with Gasteiger partial charge in [0.05, 0.1) is 25.0 Å². The highest BCUT2D eigenvalue weighted by Gasteiger charge is 2.35. The zero-order valence-electron chi connectivity index (χ0n) is 23.4. The van der Waals surface area contributed by atoms with E-state index >= 15 is 0 Å². The quantitative estimate of drug-likeness (QED) is 0.496. The van der Waals surface area contributed by atoms with Crippen molar-refractivity contribution in [1.29, 1.82) is 0 Å². The van der Waals surface area contributed by atoms with Gasteiger partial charge in [0.25, 0.3) is 0 Å². The van der Waals surface area contributed by atoms with Crippen LogP contribution in [-0.2, 0) is 4.74 Å². The number of nitrogens with one attached hydrogen (secondary N) is 2. The lowest BCUT2D eigenvalue weighted by atomic mass is 10.0. The summed E-state index contributed by atoms with van der Waals surface area (Å²) in [6.45, 7) is 8.90. The maximum atomic E-state index is 15.0. The molecule has 3 amide bonds. The number of ether oxygens (including phenoxy) is 2. The predicted molar refractivity (Wildman–Crippen MR) is 147 cm³/mol. The zero-order chi connectivity index (χ0) is 28.6. The highest BCUT2D eigenvalue weighted by molar-refractivity contribution is 5.88. The van der Waals surface area contributed by atoms with Crippen molar-refractivity contribution < 1.29 is 23.5 Å². The molecule has 2 fully saturated rings. The van der Waals surface area contributed by atoms with Gasteiger partial charge in [-0.25, -0.2) is 28.9 Å². The number of nitrogens with zero attached hydrogens (tertiary/aromatic N) is 7. The Labute approximate surface area is 233 Å². The standard InChI is InChI=1S/C26H38FN9O4/c1-5-39-23-15-29-22(14-30-23)32-25(37)34(4)20-16-36(13-9-19(20)27)24-28-10-6-21(31-24)33-26(38)40-18-7-11-35(12-8-18)17(2)3/h6,10,14-15,17-20H,5,7-9,11-13,16H2,1-4H3,(H,29,32,37)(H,28,31,33,38)/t19-,20+/m1/s1. The number of hydrogen-bond acceptors (Lipinski definition) is 10. The number of anilines is 3. The van der Waals surface area contributed by atoms with Crippen LogP contribution in [0.2, 0.25) is 0 Å². The number of aromatic nitrogens is 4. The summed E-state index contributed by atoms with van der Waals surface area (Å²) in [6.07, 6.45) is 4.11. The molecule has 0 saturated carbocycles. The molecule has 2 aromatic heterocycles. The third-order valence-electron chi connectivity index (χ3n) is 7.11. The second-order valence-corrected chi connectivity index (χ2v) is 10.1. The smallest absolute Gasteiger partial charge is 0.413 e. The Bertz CT molecular complexity index is 1130. The average molecular weight is 560 g/mol. The Morgan fingerprint density at radius 2 is 1.88 bits per heavy atom. The van der Waals surface area contributed by atoms with Crippen LogP contribution >= 0.6 is 0 Å². The number of halogens is 1. The summed E-state index contributed by atoms with van der Waals surface area (Å²) in [4.78, 5) is 47.7. The van der Waals surface area contributed by atoms with Crippen molar-refractivity contribution >= 4 is 29.7 Å². The summed E-state index contributed by atoms with van der Waals surface area (Å²) in [7, 11) is 1.53. The third kappa shape index (κ3) is 7.64. The fourth-order valence-electron chi connectivity index (χ4n) is 4.77. The number of rotatable bonds is 8. The molecule has 40 heavy (non-hydrogen) atoms. The maximum Gasteiger partial charge on any atom is 0.413 e. The molecule has 4 heterocycles. The Balaban J connectivity index is 1.32. The second kappa shape index (κ2) is 13.5. The van der Waals surface area contributed by atoms with Crippen LogP contribution in [0.5, 0.6) is 5.88 Å². The van der Waals surface area contributed by atoms with Gasteiger partial charge in [-0.05, 0) is 46.1 Å². The van der Waals surface area contributed by atoms with Gasteiger partial charge >= 0.3 is 12.1 Å². The van der Waals surface area contributed by atoms with Gasteiger partial charge < -0.3 is 24.2 Å². The second-order valence-electron chi connectivity index (χ2n) is 10.1. The number of carbonyl (C=O) groups excluding carboxylic acids is 2. The zero-order valence-corrected chi connectivity index (χ0v) is 23.4. The molecule has 218 valence electrons. The summed E-state index contributed by atoms with van der Waals surface area (Å²) in [6, 6.07) is 0.763. The molecule has 2 aliphatic rings. The van der Waals surface area contributed by atoms with Gasteiger partial charge in [0.2, 0.25) is 11.8 Å². The van der Waals surface area contributed by atoms with E-state index in [0.29, 0.717) is 31.0 Å². The number of piperidine rings is 2. The molecule has 0 aliphatic carbocycles. The van der Waals surface area contributed by atoms with E-state index in [1.54, 1.807) is 11.0 Å². The molecule has 14 heteroatoms. The van der Waals surface area contributed by atoms with E-state index in [2.05, 4.69) is 49.3 Å². The van der Waals surface area contributed by atoms with E-state index in [1.165, 1.54) is 30.5 Å². The monoisotopic (exact) mass is 559 g/mol. The topological polar surface area (TPSA) is 138 Å². The van der Waals surface area contributed by atoms with Crippen LogP contribution in [0.4, 0.5) is 31.6 Å². The molecule has 0 spiro atoms. The number of amides is 3. The van der Waals surface area contributed by atoms with Gasteiger partial charge in [-0.15, -0.1) is 0 Å². The fraction of sp³-hybridized carbons (Fsp3) is 0.615. The van der Waals surface area contributed by atoms with Crippen LogP contribution < -0.4 is 20.3 Å². The highest BCUT2D eigenvalue weighted by Crippen LogP contribution is 2.24. The van der Waals surface area contributed by atoms with Gasteiger partial charge in [-0.1, -0.05) is 0 Å². The first-order valence-electron chi connectivity index (χ1n) is 13.7. The molecule has 2 aromatic rings. The van der Waals surface area contributed by atoms with Gasteiger partial charge in [0.1, 0.15) is 18.1 Å². The third-order valence-corrected chi connectivity index (χ3v) is 7.11. The Morgan fingerprint density at radius 1 is 1.10 bits per heavy atom. The first-order valence-corrected chi connectivity index (χ1v) is 13.7. The van der Waals surface area contributed by atoms with Crippen LogP contribution in [0.15, 0.2) is 24.7 Å². The van der Waals surface area contributed by atoms with E-state index in [4.69, 9.17) is 9.47 Å². The molecular formula is C26H38FN9O4. The number of urea groups is 1. The minimum atomic E-state index is -1.24. The highest BCUT2D eigenvalue weighted by atomic mass is 19.1. The number of likely N-dealkylation sites (tertiary alicyclic amines) is 1. The molecule has 4 rings (SSSR count). The van der Waals surface area contributed by atoms with Crippen molar-refractivity contribution in [2.75, 3.05) is 55.4 Å². The number of hydrogen-bond donors (Lipinski definition) is 2. The molecule has 0 radical (unpaired) electrons. The van der Waals surface area contributed by atoms with Gasteiger partial charge in [-0.2, -0.15) is 4.98 Å². The van der Waals surface area contributed by atoms with Crippen LogP contribution in [0.25, 0.3) is 0 Å². The first kappa shape index (κ1) is 29.2. The summed E-state index contributed by atoms with van der Waals surface area (Å²) >= 11 is 0. The van der Waals surface area contributed by atoms with Gasteiger partial charge in [0.15, 0.2) is 5.82 Å². The van der Waals surface area contributed by atoms with Crippen molar-refractivity contribution in [2.45, 2.75) is 64.4 Å². The number of carbonyl (C=O) groups is 2. The average Bonchev–Trinajstić information content (AvgIpc) is 2.94. The minimum absolute atomic E-state index is 0.143. The predicted octanol–water partition coefficient (Wildman–Crippen LogP) is 3.17. The molecule has 0 unspecified atom stereocenters. The summed E-state index contributed by atoms with van der Waals surface area (Å²) in [5, 5.41) is 5.31. The molecule has 13 nitrogen and oxygen atoms in total. The lowest BCUT2D eigenvalue weighted by molar-refractivity contribution is 0.0497. The van der Waals surface area contributed by atoms with Crippen molar-refractivity contribution in [2.24, 2.45) is 0 Å². The van der Waals surface area contributed by atoms with Crippen LogP contribution in [0, 0.1) is 0 Å². The maximum absolute atomic E-state index is 15.0. The number of likely N-dealkylation sites (N-methyl/N-ethyl adjacent to an activating group) is 1. The summed E-state index contributed by atoms with van der Waals surface area (Å²) < 4.78 is 25.8. The molecule has 0 bridgehead atoms. The van der Waals surface area contributed by atoms with Crippen molar-refractivity contribution in [3.05, 3.63) is 24.7 Å². The van der Waals surface area contributed by atoms with E-state index in [0.717, 1.165) is 25.9 Å². The summed E-state index contributed by atoms with van der Waals surface area (Å²) in [5.41, 5.74) is 0. The normalized spacial score (nSPS) is 20.2. The molecule has 2 aliphatic heterocycles. The van der Waals surface area contributed by atoms with Crippen molar-refractivity contribution in [1.82, 2.24) is 29.7 Å². The molecular weight excluding hydrogens is 521 g/mol. The van der Waals surface area contributed by atoms with Crippen LogP contribution in [-0.4, -0.2) is 106 Å². The van der Waals surface area contributed by atoms with Crippen LogP contribution in [0.1, 0.15) is 40.0 Å².